The molecular weight excluding hydrogens is 350 g/mol. The first-order valence-corrected chi connectivity index (χ1v) is 10.6. The molecule has 0 aliphatic carbocycles. The Balaban J connectivity index is 1.51. The second kappa shape index (κ2) is 6.64. The first kappa shape index (κ1) is 16.9. The number of sulfone groups is 1. The SMILES string of the molecule is O=C(Nc1ccccc1N1CCc2ccccc21)NC1CCS(=O)(=O)C1. The maximum Gasteiger partial charge on any atom is 0.319 e. The molecule has 6 nitrogen and oxygen atoms in total. The highest BCUT2D eigenvalue weighted by molar-refractivity contribution is 7.91. The number of amides is 2. The van der Waals surface area contributed by atoms with Crippen LogP contribution in [0.4, 0.5) is 21.9 Å². The van der Waals surface area contributed by atoms with Crippen LogP contribution in [0.1, 0.15) is 12.0 Å². The van der Waals surface area contributed by atoms with Crippen LogP contribution < -0.4 is 15.5 Å². The molecule has 0 bridgehead atoms. The quantitative estimate of drug-likeness (QED) is 0.870. The third-order valence-electron chi connectivity index (χ3n) is 4.90. The summed E-state index contributed by atoms with van der Waals surface area (Å²) in [7, 11) is -3.02. The summed E-state index contributed by atoms with van der Waals surface area (Å²) in [4.78, 5) is 14.6. The van der Waals surface area contributed by atoms with Crippen molar-refractivity contribution >= 4 is 32.9 Å². The Kier molecular flexibility index (Phi) is 4.32. The van der Waals surface area contributed by atoms with Gasteiger partial charge in [0.15, 0.2) is 9.84 Å². The van der Waals surface area contributed by atoms with Crippen molar-refractivity contribution in [3.63, 3.8) is 0 Å². The molecule has 2 N–H and O–H groups in total. The number of para-hydroxylation sites is 3. The number of urea groups is 1. The fourth-order valence-electron chi connectivity index (χ4n) is 3.66. The van der Waals surface area contributed by atoms with Crippen LogP contribution in [0.25, 0.3) is 0 Å². The van der Waals surface area contributed by atoms with E-state index in [0.717, 1.165) is 24.3 Å². The molecule has 1 atom stereocenters. The highest BCUT2D eigenvalue weighted by Crippen LogP contribution is 2.38. The number of nitrogens with one attached hydrogen (secondary N) is 2. The predicted octanol–water partition coefficient (Wildman–Crippen LogP) is 2.69. The smallest absolute Gasteiger partial charge is 0.319 e. The van der Waals surface area contributed by atoms with Crippen LogP contribution in [0.15, 0.2) is 48.5 Å². The first-order chi connectivity index (χ1) is 12.5. The maximum atomic E-state index is 12.4. The van der Waals surface area contributed by atoms with Crippen LogP contribution in [0.3, 0.4) is 0 Å². The summed E-state index contributed by atoms with van der Waals surface area (Å²) in [5.74, 6) is 0.153. The molecule has 0 aromatic heterocycles. The van der Waals surface area contributed by atoms with Gasteiger partial charge in [0.25, 0.3) is 0 Å². The lowest BCUT2D eigenvalue weighted by Crippen LogP contribution is -2.38. The second-order valence-electron chi connectivity index (χ2n) is 6.75. The Labute approximate surface area is 153 Å². The van der Waals surface area contributed by atoms with E-state index in [0.29, 0.717) is 12.1 Å². The standard InChI is InChI=1S/C19H21N3O3S/c23-19(20-15-10-12-26(24,25)13-15)21-16-6-2-4-8-18(16)22-11-9-14-5-1-3-7-17(14)22/h1-8,15H,9-13H2,(H2,20,21,23). The molecule has 2 amide bonds. The molecule has 2 aliphatic rings. The number of benzene rings is 2. The molecular formula is C19H21N3O3S. The number of hydrogen-bond acceptors (Lipinski definition) is 4. The van der Waals surface area contributed by atoms with Crippen molar-refractivity contribution in [2.45, 2.75) is 18.9 Å². The van der Waals surface area contributed by atoms with Crippen molar-refractivity contribution in [1.29, 1.82) is 0 Å². The molecule has 4 rings (SSSR count). The molecule has 2 aromatic carbocycles. The molecule has 7 heteroatoms. The number of fused-ring (bicyclic) bond motifs is 1. The van der Waals surface area contributed by atoms with Gasteiger partial charge in [0, 0.05) is 18.3 Å². The van der Waals surface area contributed by atoms with E-state index in [-0.39, 0.29) is 23.6 Å². The van der Waals surface area contributed by atoms with Crippen molar-refractivity contribution in [1.82, 2.24) is 5.32 Å². The van der Waals surface area contributed by atoms with Gasteiger partial charge in [0.05, 0.1) is 22.9 Å². The van der Waals surface area contributed by atoms with E-state index in [4.69, 9.17) is 0 Å². The molecule has 2 heterocycles. The van der Waals surface area contributed by atoms with E-state index in [1.165, 1.54) is 5.56 Å². The Morgan fingerprint density at radius 2 is 1.77 bits per heavy atom. The monoisotopic (exact) mass is 371 g/mol. The Morgan fingerprint density at radius 1 is 1.04 bits per heavy atom. The molecule has 26 heavy (non-hydrogen) atoms. The van der Waals surface area contributed by atoms with E-state index < -0.39 is 9.84 Å². The van der Waals surface area contributed by atoms with E-state index in [1.807, 2.05) is 36.4 Å². The van der Waals surface area contributed by atoms with Gasteiger partial charge in [-0.05, 0) is 36.6 Å². The molecule has 0 spiro atoms. The van der Waals surface area contributed by atoms with E-state index >= 15 is 0 Å². The average Bonchev–Trinajstić information content (AvgIpc) is 3.18. The summed E-state index contributed by atoms with van der Waals surface area (Å²) < 4.78 is 23.1. The zero-order valence-corrected chi connectivity index (χ0v) is 15.1. The van der Waals surface area contributed by atoms with E-state index in [9.17, 15) is 13.2 Å². The van der Waals surface area contributed by atoms with Gasteiger partial charge in [0.1, 0.15) is 0 Å². The zero-order valence-electron chi connectivity index (χ0n) is 14.3. The third-order valence-corrected chi connectivity index (χ3v) is 6.67. The van der Waals surface area contributed by atoms with Crippen molar-refractivity contribution in [2.75, 3.05) is 28.3 Å². The van der Waals surface area contributed by atoms with Crippen LogP contribution in [-0.2, 0) is 16.3 Å². The molecule has 1 fully saturated rings. The van der Waals surface area contributed by atoms with Crippen LogP contribution in [0.5, 0.6) is 0 Å². The van der Waals surface area contributed by atoms with Gasteiger partial charge in [-0.15, -0.1) is 0 Å². The van der Waals surface area contributed by atoms with Gasteiger partial charge in [0.2, 0.25) is 0 Å². The highest BCUT2D eigenvalue weighted by atomic mass is 32.2. The van der Waals surface area contributed by atoms with E-state index in [1.54, 1.807) is 0 Å². The summed E-state index contributed by atoms with van der Waals surface area (Å²) >= 11 is 0. The minimum absolute atomic E-state index is 0.0154. The van der Waals surface area contributed by atoms with Crippen molar-refractivity contribution in [2.24, 2.45) is 0 Å². The van der Waals surface area contributed by atoms with Crippen molar-refractivity contribution in [3.8, 4) is 0 Å². The molecule has 136 valence electrons. The zero-order chi connectivity index (χ0) is 18.1. The number of rotatable bonds is 3. The van der Waals surface area contributed by atoms with Gasteiger partial charge in [-0.2, -0.15) is 0 Å². The van der Waals surface area contributed by atoms with Gasteiger partial charge in [-0.3, -0.25) is 0 Å². The van der Waals surface area contributed by atoms with E-state index in [2.05, 4.69) is 27.7 Å². The van der Waals surface area contributed by atoms with Crippen LogP contribution in [-0.4, -0.2) is 38.5 Å². The summed E-state index contributed by atoms with van der Waals surface area (Å²) in [6.45, 7) is 0.862. The summed E-state index contributed by atoms with van der Waals surface area (Å²) in [5, 5.41) is 5.66. The van der Waals surface area contributed by atoms with Crippen molar-refractivity contribution in [3.05, 3.63) is 54.1 Å². The summed E-state index contributed by atoms with van der Waals surface area (Å²) in [6.07, 6.45) is 1.44. The van der Waals surface area contributed by atoms with Crippen LogP contribution >= 0.6 is 0 Å². The Bertz CT molecular complexity index is 943. The summed E-state index contributed by atoms with van der Waals surface area (Å²) in [5.41, 5.74) is 4.10. The van der Waals surface area contributed by atoms with Crippen LogP contribution in [0, 0.1) is 0 Å². The largest absolute Gasteiger partial charge is 0.339 e. The molecule has 0 radical (unpaired) electrons. The van der Waals surface area contributed by atoms with Crippen LogP contribution in [0.2, 0.25) is 0 Å². The maximum absolute atomic E-state index is 12.4. The number of nitrogens with zero attached hydrogens (tertiary/aromatic N) is 1. The minimum atomic E-state index is -3.02. The van der Waals surface area contributed by atoms with Crippen molar-refractivity contribution < 1.29 is 13.2 Å². The van der Waals surface area contributed by atoms with Gasteiger partial charge in [-0.25, -0.2) is 13.2 Å². The molecule has 1 unspecified atom stereocenters. The average molecular weight is 371 g/mol. The molecule has 2 aliphatic heterocycles. The summed E-state index contributed by atoms with van der Waals surface area (Å²) in [6, 6.07) is 15.2. The Hall–Kier alpha value is -2.54. The third kappa shape index (κ3) is 3.39. The highest BCUT2D eigenvalue weighted by Gasteiger charge is 2.29. The number of hydrogen-bond donors (Lipinski definition) is 2. The fourth-order valence-corrected chi connectivity index (χ4v) is 5.33. The minimum Gasteiger partial charge on any atom is -0.339 e. The lowest BCUT2D eigenvalue weighted by molar-refractivity contribution is 0.249. The van der Waals surface area contributed by atoms with Gasteiger partial charge < -0.3 is 15.5 Å². The van der Waals surface area contributed by atoms with Gasteiger partial charge >= 0.3 is 6.03 Å². The normalized spacial score (nSPS) is 20.6. The number of carbonyl (C=O) groups excluding carboxylic acids is 1. The lowest BCUT2D eigenvalue weighted by atomic mass is 10.2. The lowest BCUT2D eigenvalue weighted by Gasteiger charge is -2.23. The number of anilines is 3. The van der Waals surface area contributed by atoms with Gasteiger partial charge in [-0.1, -0.05) is 30.3 Å². The fraction of sp³-hybridized carbons (Fsp3) is 0.316. The molecule has 0 saturated carbocycles. The molecule has 1 saturated heterocycles. The molecule has 2 aromatic rings. The predicted molar refractivity (Wildman–Crippen MR) is 103 cm³/mol. The topological polar surface area (TPSA) is 78.5 Å². The second-order valence-corrected chi connectivity index (χ2v) is 8.97. The Morgan fingerprint density at radius 3 is 2.54 bits per heavy atom. The number of carbonyl (C=O) groups is 1. The first-order valence-electron chi connectivity index (χ1n) is 8.74.